The lowest BCUT2D eigenvalue weighted by Gasteiger charge is -2.11. The van der Waals surface area contributed by atoms with E-state index in [9.17, 15) is 0 Å². The van der Waals surface area contributed by atoms with Gasteiger partial charge in [0.05, 0.1) is 11.7 Å². The second-order valence-corrected chi connectivity index (χ2v) is 4.02. The summed E-state index contributed by atoms with van der Waals surface area (Å²) in [4.78, 5) is 0. The number of nitrogens with one attached hydrogen (secondary N) is 1. The zero-order chi connectivity index (χ0) is 12.0. The van der Waals surface area contributed by atoms with Gasteiger partial charge >= 0.3 is 0 Å². The molecular weight excluding hydrogens is 198 g/mol. The maximum Gasteiger partial charge on any atom is 0.0689 e. The second-order valence-electron chi connectivity index (χ2n) is 4.02. The first kappa shape index (κ1) is 12.8. The van der Waals surface area contributed by atoms with Crippen molar-refractivity contribution in [1.82, 2.24) is 15.1 Å². The van der Waals surface area contributed by atoms with Crippen molar-refractivity contribution >= 4 is 0 Å². The summed E-state index contributed by atoms with van der Waals surface area (Å²) in [5, 5.41) is 7.79. The molecule has 0 fully saturated rings. The molecule has 0 radical (unpaired) electrons. The lowest BCUT2D eigenvalue weighted by atomic mass is 10.1. The van der Waals surface area contributed by atoms with Crippen LogP contribution >= 0.6 is 0 Å². The Kier molecular flexibility index (Phi) is 5.07. The summed E-state index contributed by atoms with van der Waals surface area (Å²) in [6.07, 6.45) is 10.6. The normalized spacial score (nSPS) is 12.4. The van der Waals surface area contributed by atoms with Crippen LogP contribution in [0.1, 0.15) is 37.9 Å². The number of nitrogens with zero attached hydrogens (tertiary/aromatic N) is 2. The third kappa shape index (κ3) is 3.39. The smallest absolute Gasteiger partial charge is 0.0689 e. The van der Waals surface area contributed by atoms with Crippen LogP contribution < -0.4 is 5.32 Å². The van der Waals surface area contributed by atoms with Gasteiger partial charge in [-0.15, -0.1) is 6.42 Å². The Morgan fingerprint density at radius 1 is 1.56 bits per heavy atom. The summed E-state index contributed by atoms with van der Waals surface area (Å²) in [6, 6.07) is 0.176. The van der Waals surface area contributed by atoms with Gasteiger partial charge in [0.1, 0.15) is 0 Å². The maximum atomic E-state index is 5.47. The molecule has 1 N–H and O–H groups in total. The molecule has 0 aromatic carbocycles. The van der Waals surface area contributed by atoms with Crippen molar-refractivity contribution in [1.29, 1.82) is 0 Å². The number of hydrogen-bond acceptors (Lipinski definition) is 2. The summed E-state index contributed by atoms with van der Waals surface area (Å²) < 4.78 is 1.86. The van der Waals surface area contributed by atoms with Crippen molar-refractivity contribution < 1.29 is 0 Å². The van der Waals surface area contributed by atoms with Gasteiger partial charge in [-0.2, -0.15) is 5.10 Å². The highest BCUT2D eigenvalue weighted by Crippen LogP contribution is 2.07. The van der Waals surface area contributed by atoms with Gasteiger partial charge in [0.2, 0.25) is 0 Å². The molecule has 0 amide bonds. The average molecular weight is 219 g/mol. The van der Waals surface area contributed by atoms with Gasteiger partial charge in [-0.05, 0) is 12.8 Å². The molecule has 3 heteroatoms. The Morgan fingerprint density at radius 2 is 2.31 bits per heavy atom. The second kappa shape index (κ2) is 6.34. The summed E-state index contributed by atoms with van der Waals surface area (Å²) in [6.45, 7) is 5.08. The highest BCUT2D eigenvalue weighted by Gasteiger charge is 2.08. The van der Waals surface area contributed by atoms with Crippen molar-refractivity contribution in [3.63, 3.8) is 0 Å². The van der Waals surface area contributed by atoms with Crippen LogP contribution in [0.3, 0.4) is 0 Å². The van der Waals surface area contributed by atoms with Crippen LogP contribution in [0.15, 0.2) is 6.20 Å². The monoisotopic (exact) mass is 219 g/mol. The van der Waals surface area contributed by atoms with E-state index >= 15 is 0 Å². The van der Waals surface area contributed by atoms with Crippen molar-refractivity contribution in [2.45, 2.75) is 45.7 Å². The Bertz CT molecular complexity index is 360. The molecule has 3 nitrogen and oxygen atoms in total. The van der Waals surface area contributed by atoms with Crippen LogP contribution in [0.25, 0.3) is 0 Å². The molecule has 0 bridgehead atoms. The standard InChI is InChI=1S/C13H21N3/c1-5-8-12(6-2)14-9-11-10-16(4)15-13(11)7-3/h2,10,12,14H,5,7-9H2,1,3-4H3. The Balaban J connectivity index is 2.56. The summed E-state index contributed by atoms with van der Waals surface area (Å²) in [5.41, 5.74) is 2.41. The van der Waals surface area contributed by atoms with Crippen molar-refractivity contribution in [2.75, 3.05) is 0 Å². The van der Waals surface area contributed by atoms with Gasteiger partial charge in [-0.3, -0.25) is 10.00 Å². The van der Waals surface area contributed by atoms with E-state index in [0.29, 0.717) is 0 Å². The predicted octanol–water partition coefficient (Wildman–Crippen LogP) is 1.87. The highest BCUT2D eigenvalue weighted by atomic mass is 15.3. The summed E-state index contributed by atoms with van der Waals surface area (Å²) in [5.74, 6) is 2.78. The minimum Gasteiger partial charge on any atom is -0.299 e. The van der Waals surface area contributed by atoms with Crippen molar-refractivity contribution in [2.24, 2.45) is 7.05 Å². The molecular formula is C13H21N3. The molecule has 0 aliphatic heterocycles. The lowest BCUT2D eigenvalue weighted by molar-refractivity contribution is 0.561. The van der Waals surface area contributed by atoms with E-state index in [2.05, 4.69) is 36.4 Å². The number of hydrogen-bond donors (Lipinski definition) is 1. The van der Waals surface area contributed by atoms with Crippen LogP contribution in [0.4, 0.5) is 0 Å². The lowest BCUT2D eigenvalue weighted by Crippen LogP contribution is -2.27. The largest absolute Gasteiger partial charge is 0.299 e. The Morgan fingerprint density at radius 3 is 2.88 bits per heavy atom. The van der Waals surface area contributed by atoms with E-state index < -0.39 is 0 Å². The highest BCUT2D eigenvalue weighted by molar-refractivity contribution is 5.17. The van der Waals surface area contributed by atoms with Gasteiger partial charge in [-0.1, -0.05) is 26.2 Å². The molecule has 0 spiro atoms. The van der Waals surface area contributed by atoms with Gasteiger partial charge in [0.25, 0.3) is 0 Å². The molecule has 1 rings (SSSR count). The van der Waals surface area contributed by atoms with E-state index in [1.165, 1.54) is 5.56 Å². The zero-order valence-electron chi connectivity index (χ0n) is 10.5. The van der Waals surface area contributed by atoms with Crippen LogP contribution in [0.2, 0.25) is 0 Å². The number of aromatic nitrogens is 2. The Labute approximate surface area is 98.2 Å². The topological polar surface area (TPSA) is 29.9 Å². The molecule has 0 saturated heterocycles. The van der Waals surface area contributed by atoms with Crippen LogP contribution in [-0.4, -0.2) is 15.8 Å². The molecule has 1 unspecified atom stereocenters. The van der Waals surface area contributed by atoms with Crippen LogP contribution in [0.5, 0.6) is 0 Å². The first-order chi connectivity index (χ1) is 7.71. The van der Waals surface area contributed by atoms with E-state index in [1.54, 1.807) is 0 Å². The minimum absolute atomic E-state index is 0.176. The molecule has 88 valence electrons. The SMILES string of the molecule is C#CC(CCC)NCc1cn(C)nc1CC. The average Bonchev–Trinajstić information content (AvgIpc) is 2.65. The van der Waals surface area contributed by atoms with E-state index in [0.717, 1.165) is 31.5 Å². The first-order valence-corrected chi connectivity index (χ1v) is 5.92. The van der Waals surface area contributed by atoms with Gasteiger partial charge in [0, 0.05) is 25.4 Å². The molecule has 1 aromatic heterocycles. The number of aryl methyl sites for hydroxylation is 2. The van der Waals surface area contributed by atoms with Crippen LogP contribution in [0, 0.1) is 12.3 Å². The Hall–Kier alpha value is -1.27. The number of rotatable bonds is 6. The third-order valence-corrected chi connectivity index (χ3v) is 2.64. The molecule has 1 aromatic rings. The molecule has 0 aliphatic carbocycles. The van der Waals surface area contributed by atoms with Crippen molar-refractivity contribution in [3.8, 4) is 12.3 Å². The fourth-order valence-electron chi connectivity index (χ4n) is 1.80. The predicted molar refractivity (Wildman–Crippen MR) is 67.0 cm³/mol. The van der Waals surface area contributed by atoms with Crippen molar-refractivity contribution in [3.05, 3.63) is 17.5 Å². The van der Waals surface area contributed by atoms with Crippen LogP contribution in [-0.2, 0) is 20.0 Å². The molecule has 0 saturated carbocycles. The van der Waals surface area contributed by atoms with E-state index in [1.807, 2.05) is 11.7 Å². The minimum atomic E-state index is 0.176. The first-order valence-electron chi connectivity index (χ1n) is 5.92. The fourth-order valence-corrected chi connectivity index (χ4v) is 1.80. The van der Waals surface area contributed by atoms with E-state index in [4.69, 9.17) is 6.42 Å². The van der Waals surface area contributed by atoms with Gasteiger partial charge in [-0.25, -0.2) is 0 Å². The summed E-state index contributed by atoms with van der Waals surface area (Å²) in [7, 11) is 1.95. The molecule has 16 heavy (non-hydrogen) atoms. The molecule has 1 heterocycles. The van der Waals surface area contributed by atoms with Gasteiger partial charge in [0.15, 0.2) is 0 Å². The molecule has 0 aliphatic rings. The number of terminal acetylenes is 1. The fraction of sp³-hybridized carbons (Fsp3) is 0.615. The summed E-state index contributed by atoms with van der Waals surface area (Å²) >= 11 is 0. The van der Waals surface area contributed by atoms with Gasteiger partial charge < -0.3 is 0 Å². The maximum absolute atomic E-state index is 5.47. The van der Waals surface area contributed by atoms with E-state index in [-0.39, 0.29) is 6.04 Å². The quantitative estimate of drug-likeness (QED) is 0.740. The zero-order valence-corrected chi connectivity index (χ0v) is 10.5. The molecule has 1 atom stereocenters. The third-order valence-electron chi connectivity index (χ3n) is 2.64.